The van der Waals surface area contributed by atoms with Crippen LogP contribution in [0.2, 0.25) is 0 Å². The maximum absolute atomic E-state index is 13.0. The number of rotatable bonds is 6. The van der Waals surface area contributed by atoms with Crippen molar-refractivity contribution in [1.82, 2.24) is 20.1 Å². The molecule has 1 amide bonds. The van der Waals surface area contributed by atoms with Gasteiger partial charge in [-0.3, -0.25) is 9.89 Å². The van der Waals surface area contributed by atoms with Crippen molar-refractivity contribution >= 4 is 38.8 Å². The highest BCUT2D eigenvalue weighted by Gasteiger charge is 2.38. The number of carbonyl (C=O) groups excluding carboxylic acids is 1. The van der Waals surface area contributed by atoms with Crippen LogP contribution in [0.1, 0.15) is 32.1 Å². The lowest BCUT2D eigenvalue weighted by Gasteiger charge is -2.34. The van der Waals surface area contributed by atoms with Gasteiger partial charge in [0.15, 0.2) is 15.7 Å². The predicted octanol–water partition coefficient (Wildman–Crippen LogP) is 2.58. The molecule has 0 aromatic carbocycles. The number of aromatic amines is 1. The molecule has 2 aromatic heterocycles. The van der Waals surface area contributed by atoms with Crippen LogP contribution < -0.4 is 0 Å². The molecule has 0 radical (unpaired) electrons. The molecule has 10 heteroatoms. The molecule has 7 nitrogen and oxygen atoms in total. The van der Waals surface area contributed by atoms with Crippen LogP contribution in [-0.2, 0) is 14.6 Å². The average Bonchev–Trinajstić information content (AvgIpc) is 3.41. The number of carbonyl (C=O) groups is 1. The van der Waals surface area contributed by atoms with E-state index >= 15 is 0 Å². The summed E-state index contributed by atoms with van der Waals surface area (Å²) in [6.07, 6.45) is 4.70. The molecule has 0 spiro atoms. The molecule has 2 fully saturated rings. The third-order valence-electron chi connectivity index (χ3n) is 5.15. The summed E-state index contributed by atoms with van der Waals surface area (Å²) in [7, 11) is -3.02. The van der Waals surface area contributed by atoms with Crippen molar-refractivity contribution in [1.29, 1.82) is 0 Å². The molecule has 27 heavy (non-hydrogen) atoms. The minimum absolute atomic E-state index is 0.00327. The molecule has 1 aliphatic heterocycles. The van der Waals surface area contributed by atoms with Gasteiger partial charge in [0.25, 0.3) is 0 Å². The maximum atomic E-state index is 13.0. The fourth-order valence-electron chi connectivity index (χ4n) is 3.92. The minimum Gasteiger partial charge on any atom is -0.335 e. The summed E-state index contributed by atoms with van der Waals surface area (Å²) in [6.45, 7) is 0. The Morgan fingerprint density at radius 3 is 2.78 bits per heavy atom. The predicted molar refractivity (Wildman–Crippen MR) is 107 cm³/mol. The van der Waals surface area contributed by atoms with Gasteiger partial charge in [0.2, 0.25) is 11.1 Å². The number of nitrogens with zero attached hydrogens (tertiary/aromatic N) is 3. The Bertz CT molecular complexity index is 888. The third kappa shape index (κ3) is 4.38. The fourth-order valence-corrected chi connectivity index (χ4v) is 6.96. The van der Waals surface area contributed by atoms with Crippen molar-refractivity contribution in [2.24, 2.45) is 0 Å². The van der Waals surface area contributed by atoms with Crippen molar-refractivity contribution in [2.45, 2.75) is 49.3 Å². The largest absolute Gasteiger partial charge is 0.335 e. The number of hydrogen-bond donors (Lipinski definition) is 1. The van der Waals surface area contributed by atoms with Crippen molar-refractivity contribution in [3.05, 3.63) is 17.5 Å². The van der Waals surface area contributed by atoms with Gasteiger partial charge in [0, 0.05) is 12.1 Å². The zero-order chi connectivity index (χ0) is 18.9. The number of amides is 1. The van der Waals surface area contributed by atoms with E-state index < -0.39 is 9.84 Å². The van der Waals surface area contributed by atoms with Gasteiger partial charge >= 0.3 is 0 Å². The number of H-pyrrole nitrogens is 1. The number of thioether (sulfide) groups is 1. The van der Waals surface area contributed by atoms with Crippen LogP contribution in [0.3, 0.4) is 0 Å². The van der Waals surface area contributed by atoms with Gasteiger partial charge in [0.05, 0.1) is 22.1 Å². The Morgan fingerprint density at radius 2 is 2.11 bits per heavy atom. The maximum Gasteiger partial charge on any atom is 0.233 e. The zero-order valence-corrected chi connectivity index (χ0v) is 17.3. The number of thiophene rings is 1. The average molecular weight is 427 g/mol. The normalized spacial score (nSPS) is 22.3. The molecule has 2 aliphatic rings. The summed E-state index contributed by atoms with van der Waals surface area (Å²) in [5, 5.41) is 9.61. The SMILES string of the molecule is O=C(CSc1n[nH]c(-c2cccs2)n1)N(C1CCCC1)[C@@H]1CCS(=O)(=O)C1. The topological polar surface area (TPSA) is 96.0 Å². The molecule has 0 unspecified atom stereocenters. The molecule has 2 aromatic rings. The van der Waals surface area contributed by atoms with Crippen molar-refractivity contribution in [2.75, 3.05) is 17.3 Å². The van der Waals surface area contributed by atoms with Gasteiger partial charge in [-0.25, -0.2) is 13.4 Å². The van der Waals surface area contributed by atoms with Crippen LogP contribution in [0.25, 0.3) is 10.7 Å². The zero-order valence-electron chi connectivity index (χ0n) is 14.8. The quantitative estimate of drug-likeness (QED) is 0.713. The second-order valence-corrected chi connectivity index (χ2v) is 11.1. The van der Waals surface area contributed by atoms with Gasteiger partial charge in [-0.2, -0.15) is 0 Å². The van der Waals surface area contributed by atoms with Gasteiger partial charge in [-0.05, 0) is 30.7 Å². The number of sulfone groups is 1. The van der Waals surface area contributed by atoms with Crippen LogP contribution in [0.4, 0.5) is 0 Å². The van der Waals surface area contributed by atoms with E-state index in [1.54, 1.807) is 11.3 Å². The molecule has 1 atom stereocenters. The van der Waals surface area contributed by atoms with Crippen molar-refractivity contribution in [3.8, 4) is 10.7 Å². The summed E-state index contributed by atoms with van der Waals surface area (Å²) in [5.41, 5.74) is 0. The monoisotopic (exact) mass is 426 g/mol. The van der Waals surface area contributed by atoms with Gasteiger partial charge in [0.1, 0.15) is 0 Å². The molecule has 1 saturated heterocycles. The van der Waals surface area contributed by atoms with Gasteiger partial charge in [-0.1, -0.05) is 30.7 Å². The Morgan fingerprint density at radius 1 is 1.30 bits per heavy atom. The number of hydrogen-bond acceptors (Lipinski definition) is 7. The molecular formula is C17H22N4O3S3. The summed E-state index contributed by atoms with van der Waals surface area (Å²) < 4.78 is 23.8. The summed E-state index contributed by atoms with van der Waals surface area (Å²) in [4.78, 5) is 20.3. The highest BCUT2D eigenvalue weighted by molar-refractivity contribution is 7.99. The summed E-state index contributed by atoms with van der Waals surface area (Å²) in [5.74, 6) is 1.22. The van der Waals surface area contributed by atoms with Gasteiger partial charge < -0.3 is 4.90 Å². The van der Waals surface area contributed by atoms with Crippen LogP contribution >= 0.6 is 23.1 Å². The third-order valence-corrected chi connectivity index (χ3v) is 8.61. The molecule has 1 N–H and O–H groups in total. The second-order valence-electron chi connectivity index (χ2n) is 7.03. The highest BCUT2D eigenvalue weighted by atomic mass is 32.2. The molecule has 0 bridgehead atoms. The van der Waals surface area contributed by atoms with Crippen molar-refractivity contribution < 1.29 is 13.2 Å². The van der Waals surface area contributed by atoms with E-state index in [1.165, 1.54) is 11.8 Å². The van der Waals surface area contributed by atoms with E-state index in [-0.39, 0.29) is 35.2 Å². The van der Waals surface area contributed by atoms with E-state index in [0.29, 0.717) is 17.4 Å². The van der Waals surface area contributed by atoms with Gasteiger partial charge in [-0.15, -0.1) is 16.4 Å². The summed E-state index contributed by atoms with van der Waals surface area (Å²) in [6, 6.07) is 3.91. The highest BCUT2D eigenvalue weighted by Crippen LogP contribution is 2.30. The van der Waals surface area contributed by atoms with E-state index in [4.69, 9.17) is 0 Å². The van der Waals surface area contributed by atoms with Crippen LogP contribution in [0, 0.1) is 0 Å². The first-order chi connectivity index (χ1) is 13.0. The standard InChI is InChI=1S/C17H22N4O3S3/c22-15(10-26-17-18-16(19-20-17)14-6-3-8-25-14)21(12-4-1-2-5-12)13-7-9-27(23,24)11-13/h3,6,8,12-13H,1-2,4-5,7,9-11H2,(H,18,19,20)/t13-/m1/s1. The molecule has 4 rings (SSSR count). The Labute approximate surface area is 166 Å². The lowest BCUT2D eigenvalue weighted by molar-refractivity contribution is -0.132. The lowest BCUT2D eigenvalue weighted by atomic mass is 10.1. The van der Waals surface area contributed by atoms with E-state index in [1.807, 2.05) is 22.4 Å². The Kier molecular flexibility index (Phi) is 5.56. The lowest BCUT2D eigenvalue weighted by Crippen LogP contribution is -2.47. The molecular weight excluding hydrogens is 404 g/mol. The first kappa shape index (κ1) is 18.9. The van der Waals surface area contributed by atoms with Crippen LogP contribution in [0.5, 0.6) is 0 Å². The first-order valence-corrected chi connectivity index (χ1v) is 12.8. The molecule has 1 saturated carbocycles. The fraction of sp³-hybridized carbons (Fsp3) is 0.588. The Hall–Kier alpha value is -1.39. The summed E-state index contributed by atoms with van der Waals surface area (Å²) >= 11 is 2.88. The minimum atomic E-state index is -3.02. The van der Waals surface area contributed by atoms with E-state index in [9.17, 15) is 13.2 Å². The molecule has 3 heterocycles. The van der Waals surface area contributed by atoms with Crippen molar-refractivity contribution in [3.63, 3.8) is 0 Å². The number of aromatic nitrogens is 3. The van der Waals surface area contributed by atoms with E-state index in [0.717, 1.165) is 30.6 Å². The van der Waals surface area contributed by atoms with Crippen LogP contribution in [0.15, 0.2) is 22.7 Å². The molecule has 146 valence electrons. The Balaban J connectivity index is 1.42. The number of nitrogens with one attached hydrogen (secondary N) is 1. The smallest absolute Gasteiger partial charge is 0.233 e. The van der Waals surface area contributed by atoms with Crippen LogP contribution in [-0.4, -0.2) is 63.7 Å². The molecule has 1 aliphatic carbocycles. The first-order valence-electron chi connectivity index (χ1n) is 9.12. The van der Waals surface area contributed by atoms with E-state index in [2.05, 4.69) is 15.2 Å². The second kappa shape index (κ2) is 7.92.